The summed E-state index contributed by atoms with van der Waals surface area (Å²) in [7, 11) is 2.17. The van der Waals surface area contributed by atoms with Gasteiger partial charge in [-0.3, -0.25) is 0 Å². The average molecular weight is 357 g/mol. The van der Waals surface area contributed by atoms with Gasteiger partial charge in [0.2, 0.25) is 0 Å². The summed E-state index contributed by atoms with van der Waals surface area (Å²) in [5, 5.41) is 8.66. The fourth-order valence-corrected chi connectivity index (χ4v) is 3.18. The van der Waals surface area contributed by atoms with Crippen LogP contribution in [0.5, 0.6) is 0 Å². The van der Waals surface area contributed by atoms with Gasteiger partial charge in [0.15, 0.2) is 5.67 Å². The average Bonchev–Trinajstić information content (AvgIpc) is 2.86. The number of alkyl halides is 1. The SMILES string of the molecule is CC.CC(C)N1CCCC(F)(C#N)CC1.CN1CCCC(C)(N)CC1. The molecule has 0 aromatic heterocycles. The molecule has 2 heterocycles. The molecular formula is C20H41FN4. The predicted molar refractivity (Wildman–Crippen MR) is 105 cm³/mol. The Bertz CT molecular complexity index is 392. The summed E-state index contributed by atoms with van der Waals surface area (Å²) in [5.41, 5.74) is 4.55. The summed E-state index contributed by atoms with van der Waals surface area (Å²) < 4.78 is 13.6. The minimum atomic E-state index is -1.57. The molecule has 25 heavy (non-hydrogen) atoms. The molecule has 2 saturated heterocycles. The van der Waals surface area contributed by atoms with Gasteiger partial charge in [-0.25, -0.2) is 4.39 Å². The second-order valence-electron chi connectivity index (χ2n) is 7.87. The molecule has 0 spiro atoms. The lowest BCUT2D eigenvalue weighted by Gasteiger charge is -2.24. The molecule has 2 fully saturated rings. The minimum absolute atomic E-state index is 0.102. The first kappa shape index (κ1) is 24.3. The van der Waals surface area contributed by atoms with Gasteiger partial charge in [-0.15, -0.1) is 0 Å². The van der Waals surface area contributed by atoms with Crippen LogP contribution in [0.3, 0.4) is 0 Å². The van der Waals surface area contributed by atoms with E-state index in [4.69, 9.17) is 11.0 Å². The Morgan fingerprint density at radius 2 is 1.60 bits per heavy atom. The number of halogens is 1. The topological polar surface area (TPSA) is 56.3 Å². The minimum Gasteiger partial charge on any atom is -0.325 e. The van der Waals surface area contributed by atoms with E-state index < -0.39 is 5.67 Å². The molecule has 0 saturated carbocycles. The number of hydrogen-bond acceptors (Lipinski definition) is 4. The van der Waals surface area contributed by atoms with E-state index in [0.717, 1.165) is 25.9 Å². The molecule has 2 aliphatic heterocycles. The summed E-state index contributed by atoms with van der Waals surface area (Å²) in [6, 6.07) is 2.25. The largest absolute Gasteiger partial charge is 0.325 e. The first-order valence-electron chi connectivity index (χ1n) is 9.99. The van der Waals surface area contributed by atoms with Gasteiger partial charge in [0.05, 0.1) is 0 Å². The molecular weight excluding hydrogens is 315 g/mol. The molecule has 0 amide bonds. The van der Waals surface area contributed by atoms with Crippen molar-refractivity contribution >= 4 is 0 Å². The molecule has 148 valence electrons. The van der Waals surface area contributed by atoms with Crippen molar-refractivity contribution in [3.05, 3.63) is 0 Å². The van der Waals surface area contributed by atoms with Gasteiger partial charge in [0.25, 0.3) is 0 Å². The van der Waals surface area contributed by atoms with Gasteiger partial charge in [0.1, 0.15) is 6.07 Å². The second-order valence-corrected chi connectivity index (χ2v) is 7.87. The lowest BCUT2D eigenvalue weighted by Crippen LogP contribution is -2.36. The van der Waals surface area contributed by atoms with Crippen molar-refractivity contribution in [1.29, 1.82) is 5.26 Å². The standard InChI is InChI=1S/C10H17FN2.C8H18N2.C2H6/c1-9(2)13-6-3-4-10(11,8-12)5-7-13;1-8(9)4-3-6-10(2)7-5-8;1-2/h9H,3-7H2,1-2H3;3-7,9H2,1-2H3;1-2H3. The number of nitrogens with zero attached hydrogens (tertiary/aromatic N) is 3. The smallest absolute Gasteiger partial charge is 0.197 e. The van der Waals surface area contributed by atoms with E-state index in [1.165, 1.54) is 19.4 Å². The first-order chi connectivity index (χ1) is 11.7. The van der Waals surface area contributed by atoms with Gasteiger partial charge in [-0.1, -0.05) is 13.8 Å². The van der Waals surface area contributed by atoms with Crippen LogP contribution < -0.4 is 5.73 Å². The molecule has 0 aromatic rings. The maximum absolute atomic E-state index is 13.6. The Balaban J connectivity index is 0.000000430. The zero-order chi connectivity index (χ0) is 19.5. The summed E-state index contributed by atoms with van der Waals surface area (Å²) in [6.07, 6.45) is 5.13. The molecule has 2 rings (SSSR count). The van der Waals surface area contributed by atoms with Crippen molar-refractivity contribution in [1.82, 2.24) is 9.80 Å². The highest BCUT2D eigenvalue weighted by molar-refractivity contribution is 5.02. The molecule has 0 aliphatic carbocycles. The van der Waals surface area contributed by atoms with Crippen LogP contribution in [0.25, 0.3) is 0 Å². The van der Waals surface area contributed by atoms with Crippen LogP contribution in [0, 0.1) is 11.3 Å². The lowest BCUT2D eigenvalue weighted by molar-refractivity contribution is 0.191. The second kappa shape index (κ2) is 11.8. The molecule has 0 aromatic carbocycles. The van der Waals surface area contributed by atoms with Crippen molar-refractivity contribution < 1.29 is 4.39 Å². The van der Waals surface area contributed by atoms with E-state index in [1.807, 2.05) is 13.8 Å². The molecule has 4 nitrogen and oxygen atoms in total. The number of likely N-dealkylation sites (tertiary alicyclic amines) is 2. The fourth-order valence-electron chi connectivity index (χ4n) is 3.18. The van der Waals surface area contributed by atoms with Gasteiger partial charge in [-0.2, -0.15) is 5.26 Å². The normalized spacial score (nSPS) is 31.5. The zero-order valence-electron chi connectivity index (χ0n) is 17.4. The van der Waals surface area contributed by atoms with Crippen molar-refractivity contribution in [2.24, 2.45) is 5.73 Å². The molecule has 5 heteroatoms. The third-order valence-electron chi connectivity index (χ3n) is 5.10. The van der Waals surface area contributed by atoms with E-state index >= 15 is 0 Å². The molecule has 2 atom stereocenters. The zero-order valence-corrected chi connectivity index (χ0v) is 17.4. The van der Waals surface area contributed by atoms with E-state index in [2.05, 4.69) is 37.6 Å². The van der Waals surface area contributed by atoms with Crippen molar-refractivity contribution in [3.63, 3.8) is 0 Å². The third-order valence-corrected chi connectivity index (χ3v) is 5.10. The Labute approximate surface area is 155 Å². The number of nitrogens with two attached hydrogens (primary N) is 1. The Kier molecular flexibility index (Phi) is 11.5. The molecule has 2 unspecified atom stereocenters. The van der Waals surface area contributed by atoms with Crippen molar-refractivity contribution in [2.75, 3.05) is 33.2 Å². The highest BCUT2D eigenvalue weighted by Crippen LogP contribution is 2.26. The van der Waals surface area contributed by atoms with E-state index in [0.29, 0.717) is 25.4 Å². The highest BCUT2D eigenvalue weighted by Gasteiger charge is 2.32. The van der Waals surface area contributed by atoms with E-state index in [-0.39, 0.29) is 5.54 Å². The van der Waals surface area contributed by atoms with Gasteiger partial charge < -0.3 is 15.5 Å². The summed E-state index contributed by atoms with van der Waals surface area (Å²) >= 11 is 0. The maximum Gasteiger partial charge on any atom is 0.197 e. The Morgan fingerprint density at radius 3 is 2.16 bits per heavy atom. The number of rotatable bonds is 1. The van der Waals surface area contributed by atoms with Crippen LogP contribution in [0.2, 0.25) is 0 Å². The van der Waals surface area contributed by atoms with Crippen molar-refractivity contribution in [2.45, 2.75) is 90.4 Å². The Hall–Kier alpha value is -0.700. The van der Waals surface area contributed by atoms with Crippen molar-refractivity contribution in [3.8, 4) is 6.07 Å². The van der Waals surface area contributed by atoms with Gasteiger partial charge in [-0.05, 0) is 79.6 Å². The van der Waals surface area contributed by atoms with Crippen LogP contribution in [0.4, 0.5) is 4.39 Å². The number of hydrogen-bond donors (Lipinski definition) is 1. The van der Waals surface area contributed by atoms with Crippen LogP contribution in [0.1, 0.15) is 73.1 Å². The Morgan fingerprint density at radius 1 is 1.00 bits per heavy atom. The summed E-state index contributed by atoms with van der Waals surface area (Å²) in [4.78, 5) is 4.59. The lowest BCUT2D eigenvalue weighted by atomic mass is 9.95. The number of nitriles is 1. The van der Waals surface area contributed by atoms with Gasteiger partial charge in [0, 0.05) is 24.5 Å². The summed E-state index contributed by atoms with van der Waals surface area (Å²) in [6.45, 7) is 14.4. The molecule has 0 radical (unpaired) electrons. The van der Waals surface area contributed by atoms with Crippen LogP contribution >= 0.6 is 0 Å². The monoisotopic (exact) mass is 356 g/mol. The fraction of sp³-hybridized carbons (Fsp3) is 0.950. The summed E-state index contributed by atoms with van der Waals surface area (Å²) in [5.74, 6) is 0. The first-order valence-corrected chi connectivity index (χ1v) is 9.99. The van der Waals surface area contributed by atoms with Gasteiger partial charge >= 0.3 is 0 Å². The van der Waals surface area contributed by atoms with E-state index in [9.17, 15) is 4.39 Å². The molecule has 2 N–H and O–H groups in total. The van der Waals surface area contributed by atoms with E-state index in [1.54, 1.807) is 6.07 Å². The molecule has 0 bridgehead atoms. The predicted octanol–water partition coefficient (Wildman–Crippen LogP) is 3.96. The third kappa shape index (κ3) is 10.1. The molecule has 2 aliphatic rings. The van der Waals surface area contributed by atoms with Crippen LogP contribution in [0.15, 0.2) is 0 Å². The van der Waals surface area contributed by atoms with Crippen LogP contribution in [-0.2, 0) is 0 Å². The van der Waals surface area contributed by atoms with Crippen LogP contribution in [-0.4, -0.2) is 60.3 Å². The quantitative estimate of drug-likeness (QED) is 0.773. The highest BCUT2D eigenvalue weighted by atomic mass is 19.1. The maximum atomic E-state index is 13.6.